The molecule has 7 heteroatoms. The van der Waals surface area contributed by atoms with Crippen molar-refractivity contribution in [1.82, 2.24) is 15.5 Å². The number of fused-ring (bicyclic) bond motifs is 1. The van der Waals surface area contributed by atoms with E-state index in [1.54, 1.807) is 0 Å². The van der Waals surface area contributed by atoms with E-state index in [0.29, 0.717) is 12.3 Å². The molecule has 1 unspecified atom stereocenters. The van der Waals surface area contributed by atoms with E-state index < -0.39 is 17.2 Å². The van der Waals surface area contributed by atoms with Gasteiger partial charge in [-0.1, -0.05) is 25.3 Å². The molecule has 0 radical (unpaired) electrons. The monoisotopic (exact) mass is 347 g/mol. The average molecular weight is 347 g/mol. The minimum atomic E-state index is -0.600. The van der Waals surface area contributed by atoms with Crippen LogP contribution in [0, 0.1) is 11.7 Å². The van der Waals surface area contributed by atoms with Crippen LogP contribution >= 0.6 is 0 Å². The van der Waals surface area contributed by atoms with Crippen LogP contribution in [0.15, 0.2) is 23.0 Å². The van der Waals surface area contributed by atoms with Crippen LogP contribution in [0.2, 0.25) is 0 Å². The number of nitrogens with one attached hydrogen (secondary N) is 2. The Kier molecular flexibility index (Phi) is 5.43. The van der Waals surface area contributed by atoms with E-state index in [0.717, 1.165) is 25.7 Å². The van der Waals surface area contributed by atoms with Gasteiger partial charge >= 0.3 is 0 Å². The number of hydrogen-bond donors (Lipinski definition) is 3. The second-order valence-corrected chi connectivity index (χ2v) is 6.55. The smallest absolute Gasteiger partial charge is 0.276 e. The molecule has 1 amide bonds. The molecule has 1 saturated carbocycles. The summed E-state index contributed by atoms with van der Waals surface area (Å²) < 4.78 is 13.7. The number of hydrogen-bond acceptors (Lipinski definition) is 4. The normalized spacial score (nSPS) is 16.7. The van der Waals surface area contributed by atoms with Gasteiger partial charge in [0.2, 0.25) is 5.43 Å². The summed E-state index contributed by atoms with van der Waals surface area (Å²) in [5, 5.41) is 18.5. The summed E-state index contributed by atoms with van der Waals surface area (Å²) in [6.45, 7) is -0.0336. The van der Waals surface area contributed by atoms with Crippen molar-refractivity contribution < 1.29 is 14.3 Å². The first-order chi connectivity index (χ1) is 12.1. The summed E-state index contributed by atoms with van der Waals surface area (Å²) in [6, 6.07) is 3.91. The van der Waals surface area contributed by atoms with Crippen LogP contribution in [0.1, 0.15) is 49.0 Å². The van der Waals surface area contributed by atoms with Crippen molar-refractivity contribution in [2.45, 2.75) is 44.6 Å². The predicted octanol–water partition coefficient (Wildman–Crippen LogP) is 2.12. The Balaban J connectivity index is 1.85. The van der Waals surface area contributed by atoms with Crippen molar-refractivity contribution >= 4 is 16.8 Å². The van der Waals surface area contributed by atoms with Crippen molar-refractivity contribution in [2.24, 2.45) is 5.92 Å². The Labute approximate surface area is 144 Å². The standard InChI is InChI=1S/C18H22FN3O3/c19-13-8-4-7-12-15(13)21-22-16(17(12)24)18(25)20-14(9-10-23)11-5-2-1-3-6-11/h4,7-8,11,14,23H,1-3,5-6,9-10H2,(H,20,25)(H,21,24). The van der Waals surface area contributed by atoms with Crippen LogP contribution in [0.25, 0.3) is 10.9 Å². The van der Waals surface area contributed by atoms with Gasteiger partial charge in [-0.25, -0.2) is 4.39 Å². The molecule has 1 atom stereocenters. The molecule has 1 fully saturated rings. The number of aliphatic hydroxyl groups is 1. The number of amides is 1. The van der Waals surface area contributed by atoms with Crippen molar-refractivity contribution in [2.75, 3.05) is 6.61 Å². The molecule has 1 aliphatic carbocycles. The third-order valence-corrected chi connectivity index (χ3v) is 4.94. The van der Waals surface area contributed by atoms with Crippen molar-refractivity contribution in [3.05, 3.63) is 39.9 Å². The molecule has 0 saturated heterocycles. The van der Waals surface area contributed by atoms with Crippen LogP contribution < -0.4 is 10.7 Å². The van der Waals surface area contributed by atoms with E-state index in [1.165, 1.54) is 24.6 Å². The Morgan fingerprint density at radius 3 is 2.84 bits per heavy atom. The molecular formula is C18H22FN3O3. The number of benzene rings is 1. The molecule has 1 aromatic carbocycles. The van der Waals surface area contributed by atoms with Gasteiger partial charge in [-0.15, -0.1) is 0 Å². The topological polar surface area (TPSA) is 95.1 Å². The number of carbonyl (C=O) groups is 1. The van der Waals surface area contributed by atoms with Crippen molar-refractivity contribution in [1.29, 1.82) is 0 Å². The summed E-state index contributed by atoms with van der Waals surface area (Å²) >= 11 is 0. The highest BCUT2D eigenvalue weighted by Gasteiger charge is 2.26. The number of aliphatic hydroxyl groups excluding tert-OH is 1. The van der Waals surface area contributed by atoms with E-state index in [4.69, 9.17) is 0 Å². The van der Waals surface area contributed by atoms with E-state index >= 15 is 0 Å². The third kappa shape index (κ3) is 3.71. The van der Waals surface area contributed by atoms with Crippen molar-refractivity contribution in [3.8, 4) is 0 Å². The maximum Gasteiger partial charge on any atom is 0.276 e. The summed E-state index contributed by atoms with van der Waals surface area (Å²) in [7, 11) is 0. The highest BCUT2D eigenvalue weighted by molar-refractivity contribution is 5.95. The molecule has 25 heavy (non-hydrogen) atoms. The molecule has 1 heterocycles. The molecule has 0 aliphatic heterocycles. The van der Waals surface area contributed by atoms with Crippen LogP contribution in [0.4, 0.5) is 4.39 Å². The Bertz CT molecular complexity index is 815. The SMILES string of the molecule is O=C(NC(CCO)C1CCCCC1)c1n[nH]c2c(F)cccc2c1=O. The molecule has 1 aromatic heterocycles. The number of para-hydroxylation sites is 1. The maximum atomic E-state index is 13.7. The molecule has 1 aliphatic rings. The first-order valence-electron chi connectivity index (χ1n) is 8.70. The number of nitrogens with zero attached hydrogens (tertiary/aromatic N) is 1. The summed E-state index contributed by atoms with van der Waals surface area (Å²) in [6.07, 6.45) is 5.84. The number of carbonyl (C=O) groups excluding carboxylic acids is 1. The number of H-pyrrole nitrogens is 1. The largest absolute Gasteiger partial charge is 0.396 e. The summed E-state index contributed by atoms with van der Waals surface area (Å²) in [4.78, 5) is 25.0. The van der Waals surface area contributed by atoms with Gasteiger partial charge < -0.3 is 10.4 Å². The van der Waals surface area contributed by atoms with E-state index in [9.17, 15) is 19.1 Å². The van der Waals surface area contributed by atoms with Crippen LogP contribution in [0.5, 0.6) is 0 Å². The molecule has 0 bridgehead atoms. The minimum Gasteiger partial charge on any atom is -0.396 e. The van der Waals surface area contributed by atoms with Crippen LogP contribution in [-0.2, 0) is 0 Å². The Morgan fingerprint density at radius 2 is 2.12 bits per heavy atom. The zero-order chi connectivity index (χ0) is 17.8. The molecule has 134 valence electrons. The van der Waals surface area contributed by atoms with Gasteiger partial charge in [-0.2, -0.15) is 5.10 Å². The van der Waals surface area contributed by atoms with Crippen LogP contribution in [-0.4, -0.2) is 33.9 Å². The van der Waals surface area contributed by atoms with Gasteiger partial charge in [0.15, 0.2) is 5.69 Å². The van der Waals surface area contributed by atoms with Gasteiger partial charge in [-0.05, 0) is 37.3 Å². The van der Waals surface area contributed by atoms with Crippen LogP contribution in [0.3, 0.4) is 0 Å². The fraction of sp³-hybridized carbons (Fsp3) is 0.500. The molecule has 3 N–H and O–H groups in total. The Hall–Kier alpha value is -2.28. The number of aromatic amines is 1. The van der Waals surface area contributed by atoms with E-state index in [1.807, 2.05) is 0 Å². The second-order valence-electron chi connectivity index (χ2n) is 6.55. The molecular weight excluding hydrogens is 325 g/mol. The lowest BCUT2D eigenvalue weighted by atomic mass is 9.82. The number of halogens is 1. The third-order valence-electron chi connectivity index (χ3n) is 4.94. The van der Waals surface area contributed by atoms with Crippen molar-refractivity contribution in [3.63, 3.8) is 0 Å². The zero-order valence-electron chi connectivity index (χ0n) is 13.9. The number of aromatic nitrogens is 2. The maximum absolute atomic E-state index is 13.7. The molecule has 0 spiro atoms. The first kappa shape index (κ1) is 17.5. The fourth-order valence-electron chi connectivity index (χ4n) is 3.61. The first-order valence-corrected chi connectivity index (χ1v) is 8.70. The fourth-order valence-corrected chi connectivity index (χ4v) is 3.61. The number of rotatable bonds is 5. The highest BCUT2D eigenvalue weighted by Crippen LogP contribution is 2.27. The second kappa shape index (κ2) is 7.74. The lowest BCUT2D eigenvalue weighted by Crippen LogP contribution is -2.43. The molecule has 6 nitrogen and oxygen atoms in total. The molecule has 3 rings (SSSR count). The summed E-state index contributed by atoms with van der Waals surface area (Å²) in [5.74, 6) is -0.882. The van der Waals surface area contributed by atoms with Gasteiger partial charge in [-0.3, -0.25) is 14.7 Å². The Morgan fingerprint density at radius 1 is 1.36 bits per heavy atom. The average Bonchev–Trinajstić information content (AvgIpc) is 2.63. The minimum absolute atomic E-state index is 0.0109. The van der Waals surface area contributed by atoms with Gasteiger partial charge in [0.25, 0.3) is 5.91 Å². The van der Waals surface area contributed by atoms with Gasteiger partial charge in [0.1, 0.15) is 11.3 Å². The van der Waals surface area contributed by atoms with Gasteiger partial charge in [0, 0.05) is 12.6 Å². The van der Waals surface area contributed by atoms with Gasteiger partial charge in [0.05, 0.1) is 5.39 Å². The summed E-state index contributed by atoms with van der Waals surface area (Å²) in [5.41, 5.74) is -0.891. The lowest BCUT2D eigenvalue weighted by Gasteiger charge is -2.30. The van der Waals surface area contributed by atoms with E-state index in [-0.39, 0.29) is 29.2 Å². The molecule has 2 aromatic rings. The lowest BCUT2D eigenvalue weighted by molar-refractivity contribution is 0.0892. The highest BCUT2D eigenvalue weighted by atomic mass is 19.1. The quantitative estimate of drug-likeness (QED) is 0.772. The van der Waals surface area contributed by atoms with E-state index in [2.05, 4.69) is 15.5 Å². The predicted molar refractivity (Wildman–Crippen MR) is 91.9 cm³/mol. The zero-order valence-corrected chi connectivity index (χ0v) is 13.9.